The van der Waals surface area contributed by atoms with E-state index in [2.05, 4.69) is 175 Å². The first-order chi connectivity index (χ1) is 24.7. The molecule has 0 saturated heterocycles. The van der Waals surface area contributed by atoms with Crippen molar-refractivity contribution in [1.82, 2.24) is 4.98 Å². The largest absolute Gasteiger partial charge is 0.309 e. The van der Waals surface area contributed by atoms with Crippen molar-refractivity contribution in [2.24, 2.45) is 0 Å². The highest BCUT2D eigenvalue weighted by Gasteiger charge is 2.23. The number of anilines is 3. The highest BCUT2D eigenvalue weighted by Crippen LogP contribution is 2.49. The predicted octanol–water partition coefficient (Wildman–Crippen LogP) is 13.4. The lowest BCUT2D eigenvalue weighted by Gasteiger charge is -2.27. The molecule has 238 valence electrons. The number of rotatable bonds is 6. The van der Waals surface area contributed by atoms with Crippen LogP contribution in [0.25, 0.3) is 60.1 Å². The summed E-state index contributed by atoms with van der Waals surface area (Å²) in [7, 11) is 0. The Hall–Kier alpha value is -6.25. The summed E-state index contributed by atoms with van der Waals surface area (Å²) in [5, 5.41) is 7.64. The van der Waals surface area contributed by atoms with Gasteiger partial charge in [-0.1, -0.05) is 121 Å². The SMILES string of the molecule is Cc1cccc(N(c2cccnc2)c2ccc3c(c2)c2ccccc2c2c(C4=CC=CCC4)cc(-c4ccccc4)c(-c4ccccc4)c32)c1. The van der Waals surface area contributed by atoms with Gasteiger partial charge in [-0.05, 0) is 134 Å². The van der Waals surface area contributed by atoms with Crippen molar-refractivity contribution < 1.29 is 0 Å². The summed E-state index contributed by atoms with van der Waals surface area (Å²) in [6.45, 7) is 2.15. The Balaban J connectivity index is 1.45. The molecule has 8 aromatic rings. The van der Waals surface area contributed by atoms with Gasteiger partial charge in [0.15, 0.2) is 0 Å². The van der Waals surface area contributed by atoms with Crippen LogP contribution in [-0.4, -0.2) is 4.98 Å². The zero-order valence-corrected chi connectivity index (χ0v) is 28.1. The first-order valence-corrected chi connectivity index (χ1v) is 17.4. The fraction of sp³-hybridized carbons (Fsp3) is 0.0625. The first-order valence-electron chi connectivity index (χ1n) is 17.4. The van der Waals surface area contributed by atoms with Crippen molar-refractivity contribution in [2.45, 2.75) is 19.8 Å². The normalized spacial score (nSPS) is 12.8. The Labute approximate surface area is 293 Å². The van der Waals surface area contributed by atoms with Crippen LogP contribution >= 0.6 is 0 Å². The molecular formula is C48H36N2. The molecule has 0 bridgehead atoms. The van der Waals surface area contributed by atoms with Crippen LogP contribution in [0.2, 0.25) is 0 Å². The Morgan fingerprint density at radius 2 is 1.26 bits per heavy atom. The van der Waals surface area contributed by atoms with E-state index in [0.717, 1.165) is 29.9 Å². The minimum Gasteiger partial charge on any atom is -0.309 e. The summed E-state index contributed by atoms with van der Waals surface area (Å²) in [6, 6.07) is 53.2. The molecule has 0 aliphatic heterocycles. The lowest BCUT2D eigenvalue weighted by Crippen LogP contribution is -2.10. The molecule has 0 amide bonds. The molecule has 1 aliphatic carbocycles. The number of benzene rings is 7. The van der Waals surface area contributed by atoms with Gasteiger partial charge in [0.25, 0.3) is 0 Å². The standard InChI is InChI=1S/C48H36N2/c1-33-15-13-22-37(29-33)50(39-23-14-28-49-32-39)38-26-27-42-45(30-38)40-24-11-12-25-41(40)47-44(35-18-7-3-8-19-35)31-43(34-16-5-2-6-17-34)46(48(42)47)36-20-9-4-10-21-36/h2-7,9-18,20-32H,8,19H2,1H3. The molecule has 1 aromatic heterocycles. The van der Waals surface area contributed by atoms with Crippen molar-refractivity contribution in [1.29, 1.82) is 0 Å². The van der Waals surface area contributed by atoms with Crippen LogP contribution in [0.15, 0.2) is 176 Å². The molecule has 0 unspecified atom stereocenters. The first kappa shape index (κ1) is 29.9. The lowest BCUT2D eigenvalue weighted by molar-refractivity contribution is 1.06. The molecule has 0 radical (unpaired) electrons. The number of aryl methyl sites for hydroxylation is 1. The minimum atomic E-state index is 1.02. The lowest BCUT2D eigenvalue weighted by atomic mass is 9.80. The van der Waals surface area contributed by atoms with Crippen molar-refractivity contribution >= 4 is 55.0 Å². The Bertz CT molecular complexity index is 2580. The number of hydrogen-bond donors (Lipinski definition) is 0. The van der Waals surface area contributed by atoms with E-state index < -0.39 is 0 Å². The van der Waals surface area contributed by atoms with Crippen LogP contribution in [0.3, 0.4) is 0 Å². The minimum absolute atomic E-state index is 1.02. The molecule has 7 aromatic carbocycles. The summed E-state index contributed by atoms with van der Waals surface area (Å²) in [5.41, 5.74) is 12.1. The summed E-state index contributed by atoms with van der Waals surface area (Å²) in [5.74, 6) is 0. The summed E-state index contributed by atoms with van der Waals surface area (Å²) < 4.78 is 0. The van der Waals surface area contributed by atoms with E-state index >= 15 is 0 Å². The van der Waals surface area contributed by atoms with Gasteiger partial charge in [-0.15, -0.1) is 0 Å². The molecule has 50 heavy (non-hydrogen) atoms. The van der Waals surface area contributed by atoms with Gasteiger partial charge in [0.05, 0.1) is 11.9 Å². The quantitative estimate of drug-likeness (QED) is 0.168. The molecule has 0 N–H and O–H groups in total. The summed E-state index contributed by atoms with van der Waals surface area (Å²) in [6.07, 6.45) is 12.7. The molecule has 9 rings (SSSR count). The molecule has 2 heteroatoms. The zero-order valence-electron chi connectivity index (χ0n) is 28.1. The maximum Gasteiger partial charge on any atom is 0.0644 e. The third-order valence-corrected chi connectivity index (χ3v) is 10.0. The molecule has 2 nitrogen and oxygen atoms in total. The van der Waals surface area contributed by atoms with Gasteiger partial charge in [-0.25, -0.2) is 0 Å². The second kappa shape index (κ2) is 12.7. The number of aromatic nitrogens is 1. The van der Waals surface area contributed by atoms with Crippen molar-refractivity contribution in [2.75, 3.05) is 4.90 Å². The Morgan fingerprint density at radius 3 is 2.00 bits per heavy atom. The van der Waals surface area contributed by atoms with E-state index in [-0.39, 0.29) is 0 Å². The average Bonchev–Trinajstić information content (AvgIpc) is 3.19. The molecule has 1 heterocycles. The molecule has 0 fully saturated rings. The Morgan fingerprint density at radius 1 is 0.540 bits per heavy atom. The number of allylic oxidation sites excluding steroid dienone is 4. The fourth-order valence-corrected chi connectivity index (χ4v) is 7.81. The van der Waals surface area contributed by atoms with E-state index in [0.29, 0.717) is 0 Å². The number of fused-ring (bicyclic) bond motifs is 6. The number of hydrogen-bond acceptors (Lipinski definition) is 2. The van der Waals surface area contributed by atoms with Gasteiger partial charge >= 0.3 is 0 Å². The second-order valence-electron chi connectivity index (χ2n) is 13.1. The van der Waals surface area contributed by atoms with E-state index in [1.54, 1.807) is 0 Å². The summed E-state index contributed by atoms with van der Waals surface area (Å²) in [4.78, 5) is 6.84. The molecule has 0 spiro atoms. The maximum absolute atomic E-state index is 4.52. The van der Waals surface area contributed by atoms with Gasteiger partial charge in [-0.3, -0.25) is 4.98 Å². The van der Waals surface area contributed by atoms with Crippen LogP contribution in [0.5, 0.6) is 0 Å². The monoisotopic (exact) mass is 640 g/mol. The molecule has 1 aliphatic rings. The van der Waals surface area contributed by atoms with Gasteiger partial charge in [-0.2, -0.15) is 0 Å². The zero-order chi connectivity index (χ0) is 33.4. The van der Waals surface area contributed by atoms with E-state index in [4.69, 9.17) is 0 Å². The summed E-state index contributed by atoms with van der Waals surface area (Å²) >= 11 is 0. The van der Waals surface area contributed by atoms with Crippen molar-refractivity contribution in [3.8, 4) is 22.3 Å². The van der Waals surface area contributed by atoms with Crippen LogP contribution in [0.4, 0.5) is 17.1 Å². The molecular weight excluding hydrogens is 605 g/mol. The Kier molecular flexibility index (Phi) is 7.55. The van der Waals surface area contributed by atoms with E-state index in [1.165, 1.54) is 71.3 Å². The van der Waals surface area contributed by atoms with Crippen LogP contribution in [0, 0.1) is 6.92 Å². The van der Waals surface area contributed by atoms with E-state index in [1.807, 2.05) is 18.5 Å². The topological polar surface area (TPSA) is 16.1 Å². The van der Waals surface area contributed by atoms with E-state index in [9.17, 15) is 0 Å². The fourth-order valence-electron chi connectivity index (χ4n) is 7.81. The van der Waals surface area contributed by atoms with Gasteiger partial charge in [0.2, 0.25) is 0 Å². The highest BCUT2D eigenvalue weighted by molar-refractivity contribution is 6.32. The maximum atomic E-state index is 4.52. The molecule has 0 saturated carbocycles. The number of pyridine rings is 1. The second-order valence-corrected chi connectivity index (χ2v) is 13.1. The third kappa shape index (κ3) is 5.17. The van der Waals surface area contributed by atoms with Gasteiger partial charge < -0.3 is 4.90 Å². The number of nitrogens with zero attached hydrogens (tertiary/aromatic N) is 2. The smallest absolute Gasteiger partial charge is 0.0644 e. The van der Waals surface area contributed by atoms with Gasteiger partial charge in [0.1, 0.15) is 0 Å². The molecule has 0 atom stereocenters. The van der Waals surface area contributed by atoms with Crippen LogP contribution < -0.4 is 4.90 Å². The van der Waals surface area contributed by atoms with Crippen LogP contribution in [-0.2, 0) is 0 Å². The predicted molar refractivity (Wildman–Crippen MR) is 213 cm³/mol. The average molecular weight is 641 g/mol. The van der Waals surface area contributed by atoms with Crippen LogP contribution in [0.1, 0.15) is 24.0 Å². The highest BCUT2D eigenvalue weighted by atomic mass is 15.1. The van der Waals surface area contributed by atoms with Gasteiger partial charge in [0, 0.05) is 17.6 Å². The van der Waals surface area contributed by atoms with Crippen molar-refractivity contribution in [3.05, 3.63) is 187 Å². The third-order valence-electron chi connectivity index (χ3n) is 10.0. The van der Waals surface area contributed by atoms with Crippen molar-refractivity contribution in [3.63, 3.8) is 0 Å².